The third kappa shape index (κ3) is 4.55. The van der Waals surface area contributed by atoms with E-state index in [9.17, 15) is 9.59 Å². The number of thiazole rings is 1. The van der Waals surface area contributed by atoms with E-state index in [0.717, 1.165) is 25.7 Å². The summed E-state index contributed by atoms with van der Waals surface area (Å²) >= 11 is 4.56. The van der Waals surface area contributed by atoms with E-state index >= 15 is 0 Å². The summed E-state index contributed by atoms with van der Waals surface area (Å²) in [6.07, 6.45) is 6.23. The van der Waals surface area contributed by atoms with Crippen molar-refractivity contribution >= 4 is 39.1 Å². The van der Waals surface area contributed by atoms with Crippen molar-refractivity contribution in [3.05, 3.63) is 38.9 Å². The average molecular weight is 425 g/mol. The molecule has 9 heteroatoms. The van der Waals surface area contributed by atoms with E-state index in [1.54, 1.807) is 24.5 Å². The lowest BCUT2D eigenvalue weighted by Crippen LogP contribution is -2.39. The summed E-state index contributed by atoms with van der Waals surface area (Å²) in [5.74, 6) is -0.384. The second kappa shape index (κ2) is 7.92. The molecule has 0 spiro atoms. The van der Waals surface area contributed by atoms with Gasteiger partial charge in [-0.1, -0.05) is 0 Å². The van der Waals surface area contributed by atoms with Gasteiger partial charge in [-0.05, 0) is 53.7 Å². The molecule has 132 valence electrons. The van der Waals surface area contributed by atoms with E-state index in [4.69, 9.17) is 10.5 Å². The number of hydrogen-bond acceptors (Lipinski definition) is 6. The van der Waals surface area contributed by atoms with Crippen molar-refractivity contribution in [3.8, 4) is 5.88 Å². The van der Waals surface area contributed by atoms with Gasteiger partial charge in [0.05, 0.1) is 6.20 Å². The fourth-order valence-electron chi connectivity index (χ4n) is 2.77. The van der Waals surface area contributed by atoms with Crippen molar-refractivity contribution in [2.24, 2.45) is 5.73 Å². The summed E-state index contributed by atoms with van der Waals surface area (Å²) in [4.78, 5) is 32.3. The Bertz CT molecular complexity index is 774. The van der Waals surface area contributed by atoms with Crippen LogP contribution in [0.2, 0.25) is 0 Å². The normalized spacial score (nSPS) is 20.0. The number of nitrogens with two attached hydrogens (primary N) is 1. The first kappa shape index (κ1) is 17.8. The van der Waals surface area contributed by atoms with E-state index in [1.807, 2.05) is 0 Å². The quantitative estimate of drug-likeness (QED) is 0.766. The second-order valence-corrected chi connectivity index (χ2v) is 8.07. The number of pyridine rings is 1. The molecule has 0 saturated heterocycles. The first-order valence-electron chi connectivity index (χ1n) is 7.86. The fraction of sp³-hybridized carbons (Fsp3) is 0.375. The van der Waals surface area contributed by atoms with E-state index in [2.05, 4.69) is 31.2 Å². The highest BCUT2D eigenvalue weighted by atomic mass is 79.9. The summed E-state index contributed by atoms with van der Waals surface area (Å²) in [5.41, 5.74) is 5.63. The number of amides is 2. The predicted octanol–water partition coefficient (Wildman–Crippen LogP) is 2.52. The van der Waals surface area contributed by atoms with Crippen LogP contribution in [0.1, 0.15) is 45.7 Å². The fourth-order valence-corrected chi connectivity index (χ4v) is 3.94. The molecule has 0 bridgehead atoms. The Kier molecular flexibility index (Phi) is 5.64. The highest BCUT2D eigenvalue weighted by Gasteiger charge is 2.25. The highest BCUT2D eigenvalue weighted by Crippen LogP contribution is 2.25. The van der Waals surface area contributed by atoms with Crippen LogP contribution in [0.4, 0.5) is 0 Å². The summed E-state index contributed by atoms with van der Waals surface area (Å²) in [7, 11) is 0. The lowest BCUT2D eigenvalue weighted by Gasteiger charge is -2.29. The average Bonchev–Trinajstić information content (AvgIpc) is 3.03. The Labute approximate surface area is 157 Å². The van der Waals surface area contributed by atoms with Crippen molar-refractivity contribution in [1.29, 1.82) is 0 Å². The van der Waals surface area contributed by atoms with Gasteiger partial charge >= 0.3 is 0 Å². The van der Waals surface area contributed by atoms with Gasteiger partial charge in [-0.15, -0.1) is 11.3 Å². The number of hydrogen-bond donors (Lipinski definition) is 2. The van der Waals surface area contributed by atoms with Gasteiger partial charge in [0, 0.05) is 12.2 Å². The first-order valence-corrected chi connectivity index (χ1v) is 9.47. The SMILES string of the molecule is NC(=O)c1cccnc1OC1CCC(NC(=O)c2cnc(Br)s2)CC1. The Hall–Kier alpha value is -2.00. The van der Waals surface area contributed by atoms with Crippen molar-refractivity contribution in [3.63, 3.8) is 0 Å². The molecule has 1 aliphatic carbocycles. The Morgan fingerprint density at radius 1 is 1.28 bits per heavy atom. The molecule has 2 amide bonds. The summed E-state index contributed by atoms with van der Waals surface area (Å²) < 4.78 is 6.54. The number of rotatable bonds is 5. The molecule has 2 aromatic heterocycles. The zero-order valence-electron chi connectivity index (χ0n) is 13.3. The lowest BCUT2D eigenvalue weighted by molar-refractivity contribution is 0.0884. The second-order valence-electron chi connectivity index (χ2n) is 5.76. The highest BCUT2D eigenvalue weighted by molar-refractivity contribution is 9.11. The molecule has 0 unspecified atom stereocenters. The third-order valence-electron chi connectivity index (χ3n) is 4.03. The zero-order valence-corrected chi connectivity index (χ0v) is 15.7. The number of aromatic nitrogens is 2. The molecule has 1 fully saturated rings. The van der Waals surface area contributed by atoms with Gasteiger partial charge in [-0.25, -0.2) is 9.97 Å². The summed E-state index contributed by atoms with van der Waals surface area (Å²) in [5, 5.41) is 3.03. The van der Waals surface area contributed by atoms with Crippen LogP contribution in [0.3, 0.4) is 0 Å². The molecule has 25 heavy (non-hydrogen) atoms. The third-order valence-corrected chi connectivity index (χ3v) is 5.50. The zero-order chi connectivity index (χ0) is 17.8. The molecular formula is C16H17BrN4O3S. The van der Waals surface area contributed by atoms with Crippen LogP contribution < -0.4 is 15.8 Å². The number of nitrogens with one attached hydrogen (secondary N) is 1. The molecule has 0 aromatic carbocycles. The number of carbonyl (C=O) groups is 2. The van der Waals surface area contributed by atoms with E-state index < -0.39 is 5.91 Å². The lowest BCUT2D eigenvalue weighted by atomic mass is 9.93. The van der Waals surface area contributed by atoms with Crippen molar-refractivity contribution in [2.45, 2.75) is 37.8 Å². The van der Waals surface area contributed by atoms with Gasteiger partial charge in [-0.2, -0.15) is 0 Å². The summed E-state index contributed by atoms with van der Waals surface area (Å²) in [6, 6.07) is 3.36. The minimum atomic E-state index is -0.556. The van der Waals surface area contributed by atoms with Gasteiger partial charge in [-0.3, -0.25) is 9.59 Å². The number of halogens is 1. The molecule has 1 saturated carbocycles. The number of nitrogens with zero attached hydrogens (tertiary/aromatic N) is 2. The van der Waals surface area contributed by atoms with Crippen molar-refractivity contribution < 1.29 is 14.3 Å². The van der Waals surface area contributed by atoms with Crippen LogP contribution in [0, 0.1) is 0 Å². The van der Waals surface area contributed by atoms with Gasteiger partial charge in [0.15, 0.2) is 3.92 Å². The van der Waals surface area contributed by atoms with Crippen LogP contribution in [0.15, 0.2) is 28.4 Å². The van der Waals surface area contributed by atoms with Crippen LogP contribution >= 0.6 is 27.3 Å². The maximum absolute atomic E-state index is 12.2. The van der Waals surface area contributed by atoms with Crippen LogP contribution in [0.25, 0.3) is 0 Å². The molecule has 1 aliphatic rings. The van der Waals surface area contributed by atoms with E-state index in [0.29, 0.717) is 8.79 Å². The van der Waals surface area contributed by atoms with E-state index in [1.165, 1.54) is 11.3 Å². The van der Waals surface area contributed by atoms with Crippen molar-refractivity contribution in [2.75, 3.05) is 0 Å². The van der Waals surface area contributed by atoms with Crippen LogP contribution in [0.5, 0.6) is 5.88 Å². The first-order chi connectivity index (χ1) is 12.0. The molecule has 0 atom stereocenters. The van der Waals surface area contributed by atoms with Crippen LogP contribution in [-0.4, -0.2) is 33.9 Å². The molecule has 3 rings (SSSR count). The molecule has 7 nitrogen and oxygen atoms in total. The van der Waals surface area contributed by atoms with E-state index in [-0.39, 0.29) is 29.5 Å². The van der Waals surface area contributed by atoms with Gasteiger partial charge in [0.1, 0.15) is 16.5 Å². The minimum absolute atomic E-state index is 0.0429. The maximum atomic E-state index is 12.2. The Morgan fingerprint density at radius 2 is 2.04 bits per heavy atom. The number of carbonyl (C=O) groups excluding carboxylic acids is 2. The molecule has 3 N–H and O–H groups in total. The van der Waals surface area contributed by atoms with Crippen LogP contribution in [-0.2, 0) is 0 Å². The topological polar surface area (TPSA) is 107 Å². The molecule has 2 aromatic rings. The molecular weight excluding hydrogens is 408 g/mol. The summed E-state index contributed by atoms with van der Waals surface area (Å²) in [6.45, 7) is 0. The Morgan fingerprint density at radius 3 is 2.68 bits per heavy atom. The Balaban J connectivity index is 1.52. The number of primary amides is 1. The molecule has 2 heterocycles. The van der Waals surface area contributed by atoms with Gasteiger partial charge < -0.3 is 15.8 Å². The van der Waals surface area contributed by atoms with Crippen molar-refractivity contribution in [1.82, 2.24) is 15.3 Å². The monoisotopic (exact) mass is 424 g/mol. The smallest absolute Gasteiger partial charge is 0.263 e. The van der Waals surface area contributed by atoms with Gasteiger partial charge in [0.2, 0.25) is 5.88 Å². The minimum Gasteiger partial charge on any atom is -0.474 e. The maximum Gasteiger partial charge on any atom is 0.263 e. The largest absolute Gasteiger partial charge is 0.474 e. The number of ether oxygens (including phenoxy) is 1. The molecule has 0 radical (unpaired) electrons. The standard InChI is InChI=1S/C16H17BrN4O3S/c17-16-20-8-12(25-16)14(23)21-9-3-5-10(6-4-9)24-15-11(13(18)22)2-1-7-19-15/h1-2,7-10H,3-6H2,(H2,18,22)(H,21,23). The predicted molar refractivity (Wildman–Crippen MR) is 96.7 cm³/mol. The van der Waals surface area contributed by atoms with Gasteiger partial charge in [0.25, 0.3) is 11.8 Å². The molecule has 0 aliphatic heterocycles.